The molecule has 0 radical (unpaired) electrons. The predicted molar refractivity (Wildman–Crippen MR) is 132 cm³/mol. The van der Waals surface area contributed by atoms with Crippen molar-refractivity contribution in [3.05, 3.63) is 29.8 Å². The first kappa shape index (κ1) is 25.9. The first-order chi connectivity index (χ1) is 16.7. The van der Waals surface area contributed by atoms with Gasteiger partial charge in [0, 0.05) is 30.6 Å². The van der Waals surface area contributed by atoms with Crippen LogP contribution in [0, 0.1) is 29.6 Å². The molecular formula is C27H40N2O6. The maximum absolute atomic E-state index is 13.1. The topological polar surface area (TPSA) is 108 Å². The second-order valence-corrected chi connectivity index (χ2v) is 11.1. The van der Waals surface area contributed by atoms with Crippen LogP contribution in [0.4, 0.5) is 10.5 Å². The van der Waals surface area contributed by atoms with Gasteiger partial charge in [0.25, 0.3) is 0 Å². The van der Waals surface area contributed by atoms with Crippen molar-refractivity contribution in [3.8, 4) is 0 Å². The third kappa shape index (κ3) is 5.20. The summed E-state index contributed by atoms with van der Waals surface area (Å²) in [7, 11) is 0. The molecule has 0 aromatic heterocycles. The maximum Gasteiger partial charge on any atom is 0.411 e. The van der Waals surface area contributed by atoms with Crippen molar-refractivity contribution in [1.29, 1.82) is 0 Å². The Morgan fingerprint density at radius 3 is 2.49 bits per heavy atom. The lowest BCUT2D eigenvalue weighted by Gasteiger charge is -2.60. The third-order valence-corrected chi connectivity index (χ3v) is 8.98. The molecule has 2 amide bonds. The Balaban J connectivity index is 1.48. The summed E-state index contributed by atoms with van der Waals surface area (Å²) in [6.45, 7) is 8.25. The number of anilines is 1. The van der Waals surface area contributed by atoms with Crippen LogP contribution in [0.2, 0.25) is 0 Å². The number of rotatable bonds is 5. The number of ether oxygens (including phenoxy) is 2. The third-order valence-electron chi connectivity index (χ3n) is 8.98. The zero-order valence-electron chi connectivity index (χ0n) is 21.2. The van der Waals surface area contributed by atoms with Crippen LogP contribution in [0.5, 0.6) is 0 Å². The second kappa shape index (κ2) is 10.4. The number of amides is 2. The number of fused-ring (bicyclic) bond motifs is 1. The van der Waals surface area contributed by atoms with Gasteiger partial charge in [-0.15, -0.1) is 0 Å². The largest absolute Gasteiger partial charge is 0.445 e. The summed E-state index contributed by atoms with van der Waals surface area (Å²) in [5, 5.41) is 24.4. The summed E-state index contributed by atoms with van der Waals surface area (Å²) in [5.41, 5.74) is 0.751. The van der Waals surface area contributed by atoms with Crippen molar-refractivity contribution in [3.63, 3.8) is 0 Å². The molecule has 1 saturated heterocycles. The lowest BCUT2D eigenvalue weighted by atomic mass is 9.46. The van der Waals surface area contributed by atoms with Crippen molar-refractivity contribution < 1.29 is 29.3 Å². The molecule has 3 fully saturated rings. The van der Waals surface area contributed by atoms with Crippen LogP contribution in [-0.2, 0) is 14.3 Å². The summed E-state index contributed by atoms with van der Waals surface area (Å²) in [5.74, 6) is -0.137. The van der Waals surface area contributed by atoms with E-state index in [1.807, 2.05) is 43.0 Å². The minimum atomic E-state index is -0.669. The zero-order valence-corrected chi connectivity index (χ0v) is 21.2. The van der Waals surface area contributed by atoms with Gasteiger partial charge in [-0.05, 0) is 62.0 Å². The van der Waals surface area contributed by atoms with Crippen LogP contribution in [-0.4, -0.2) is 72.2 Å². The monoisotopic (exact) mass is 488 g/mol. The molecule has 8 nitrogen and oxygen atoms in total. The van der Waals surface area contributed by atoms with Gasteiger partial charge >= 0.3 is 6.09 Å². The van der Waals surface area contributed by atoms with Crippen molar-refractivity contribution in [2.24, 2.45) is 22.7 Å². The number of aliphatic hydroxyl groups excluding tert-OH is 2. The summed E-state index contributed by atoms with van der Waals surface area (Å²) < 4.78 is 11.3. The van der Waals surface area contributed by atoms with E-state index < -0.39 is 23.7 Å². The molecule has 35 heavy (non-hydrogen) atoms. The molecule has 1 aromatic carbocycles. The number of carbonyl (C=O) groups is 2. The van der Waals surface area contributed by atoms with Crippen LogP contribution in [0.1, 0.15) is 51.5 Å². The van der Waals surface area contributed by atoms with Gasteiger partial charge in [0.05, 0.1) is 25.9 Å². The van der Waals surface area contributed by atoms with Gasteiger partial charge in [0.15, 0.2) is 0 Å². The fourth-order valence-electron chi connectivity index (χ4n) is 6.82. The number of carbonyl (C=O) groups excluding carboxylic acids is 2. The molecule has 3 N–H and O–H groups in total. The molecule has 1 aliphatic heterocycles. The van der Waals surface area contributed by atoms with Crippen molar-refractivity contribution >= 4 is 17.7 Å². The molecule has 3 aliphatic rings. The van der Waals surface area contributed by atoms with E-state index in [1.165, 1.54) is 0 Å². The summed E-state index contributed by atoms with van der Waals surface area (Å²) >= 11 is 0. The molecule has 2 saturated carbocycles. The Morgan fingerprint density at radius 1 is 1.14 bits per heavy atom. The molecule has 1 aromatic rings. The van der Waals surface area contributed by atoms with Gasteiger partial charge in [0.1, 0.15) is 6.10 Å². The summed E-state index contributed by atoms with van der Waals surface area (Å²) in [6, 6.07) is 7.51. The smallest absolute Gasteiger partial charge is 0.411 e. The maximum atomic E-state index is 13.1. The van der Waals surface area contributed by atoms with Crippen LogP contribution >= 0.6 is 0 Å². The van der Waals surface area contributed by atoms with Gasteiger partial charge in [-0.1, -0.05) is 31.5 Å². The van der Waals surface area contributed by atoms with Crippen LogP contribution in [0.25, 0.3) is 0 Å². The van der Waals surface area contributed by atoms with E-state index in [2.05, 4.69) is 12.2 Å². The van der Waals surface area contributed by atoms with Crippen molar-refractivity contribution in [1.82, 2.24) is 4.90 Å². The average molecular weight is 489 g/mol. The lowest BCUT2D eigenvalue weighted by Crippen LogP contribution is -2.61. The highest BCUT2D eigenvalue weighted by atomic mass is 16.6. The molecule has 8 heteroatoms. The van der Waals surface area contributed by atoms with Crippen LogP contribution in [0.15, 0.2) is 24.3 Å². The van der Waals surface area contributed by atoms with Gasteiger partial charge in [0.2, 0.25) is 5.91 Å². The molecule has 6 atom stereocenters. The van der Waals surface area contributed by atoms with E-state index in [0.29, 0.717) is 51.3 Å². The number of nitrogens with zero attached hydrogens (tertiary/aromatic N) is 1. The Labute approximate surface area is 208 Å². The standard InChI is InChI=1S/C27H40N2O6/c1-18-4-6-19(7-5-18)28-25(33)35-23-10-11-26(2)20(16-24(32)29-12-14-34-15-13-29)21(31)8-9-22(26)27(23,3)17-30/h4-7,20-23,30-31H,8-17H2,1-3H3,(H,28,33). The minimum absolute atomic E-state index is 0.0109. The van der Waals surface area contributed by atoms with E-state index in [0.717, 1.165) is 12.0 Å². The van der Waals surface area contributed by atoms with Crippen molar-refractivity contribution in [2.45, 2.75) is 65.1 Å². The summed E-state index contributed by atoms with van der Waals surface area (Å²) in [6.07, 6.45) is 1.31. The number of benzene rings is 1. The zero-order chi connectivity index (χ0) is 25.2. The number of hydrogen-bond acceptors (Lipinski definition) is 6. The number of hydrogen-bond donors (Lipinski definition) is 3. The van der Waals surface area contributed by atoms with Crippen LogP contribution in [0.3, 0.4) is 0 Å². The van der Waals surface area contributed by atoms with Gasteiger partial charge in [-0.2, -0.15) is 0 Å². The number of aliphatic hydroxyl groups is 2. The predicted octanol–water partition coefficient (Wildman–Crippen LogP) is 3.35. The van der Waals surface area contributed by atoms with Crippen molar-refractivity contribution in [2.75, 3.05) is 38.2 Å². The minimum Gasteiger partial charge on any atom is -0.445 e. The second-order valence-electron chi connectivity index (χ2n) is 11.1. The van der Waals surface area contributed by atoms with E-state index in [4.69, 9.17) is 9.47 Å². The number of nitrogens with one attached hydrogen (secondary N) is 1. The van der Waals surface area contributed by atoms with Gasteiger partial charge < -0.3 is 24.6 Å². The lowest BCUT2D eigenvalue weighted by molar-refractivity contribution is -0.187. The molecule has 2 aliphatic carbocycles. The Morgan fingerprint density at radius 2 is 1.83 bits per heavy atom. The fraction of sp³-hybridized carbons (Fsp3) is 0.704. The Kier molecular flexibility index (Phi) is 7.74. The SMILES string of the molecule is Cc1ccc(NC(=O)OC2CCC3(C)C(CC(=O)N4CCOCC4)C(O)CCC3C2(C)CO)cc1. The van der Waals surface area contributed by atoms with Gasteiger partial charge in [-0.25, -0.2) is 4.79 Å². The molecule has 6 unspecified atom stereocenters. The molecule has 0 spiro atoms. The molecule has 4 rings (SSSR count). The molecular weight excluding hydrogens is 448 g/mol. The molecule has 0 bridgehead atoms. The van der Waals surface area contributed by atoms with E-state index in [1.54, 1.807) is 0 Å². The van der Waals surface area contributed by atoms with E-state index in [-0.39, 0.29) is 36.2 Å². The Bertz CT molecular complexity index is 901. The normalized spacial score (nSPS) is 35.2. The average Bonchev–Trinajstić information content (AvgIpc) is 2.85. The quantitative estimate of drug-likeness (QED) is 0.587. The first-order valence-corrected chi connectivity index (χ1v) is 12.9. The fourth-order valence-corrected chi connectivity index (χ4v) is 6.82. The molecule has 194 valence electrons. The highest BCUT2D eigenvalue weighted by Gasteiger charge is 2.60. The number of aryl methyl sites for hydroxylation is 1. The van der Waals surface area contributed by atoms with Crippen LogP contribution < -0.4 is 5.32 Å². The Hall–Kier alpha value is -2.16. The van der Waals surface area contributed by atoms with E-state index in [9.17, 15) is 19.8 Å². The summed E-state index contributed by atoms with van der Waals surface area (Å²) in [4.78, 5) is 27.7. The first-order valence-electron chi connectivity index (χ1n) is 12.9. The van der Waals surface area contributed by atoms with E-state index >= 15 is 0 Å². The highest BCUT2D eigenvalue weighted by Crippen LogP contribution is 2.61. The van der Waals surface area contributed by atoms with Gasteiger partial charge in [-0.3, -0.25) is 10.1 Å². The molecule has 1 heterocycles. The highest BCUT2D eigenvalue weighted by molar-refractivity contribution is 5.84. The number of morpholine rings is 1.